The van der Waals surface area contributed by atoms with Gasteiger partial charge in [0.25, 0.3) is 0 Å². The molecule has 1 aromatic heterocycles. The molecule has 0 amide bonds. The van der Waals surface area contributed by atoms with Crippen LogP contribution in [0, 0.1) is 43.4 Å². The van der Waals surface area contributed by atoms with E-state index in [1.807, 2.05) is 73.7 Å². The van der Waals surface area contributed by atoms with Gasteiger partial charge in [-0.1, -0.05) is 93.6 Å². The van der Waals surface area contributed by atoms with Crippen LogP contribution in [-0.4, -0.2) is 30.8 Å². The van der Waals surface area contributed by atoms with Crippen LogP contribution in [0.25, 0.3) is 11.0 Å². The van der Waals surface area contributed by atoms with Crippen LogP contribution in [0.3, 0.4) is 0 Å². The van der Waals surface area contributed by atoms with Crippen LogP contribution in [0.5, 0.6) is 0 Å². The predicted octanol–water partition coefficient (Wildman–Crippen LogP) is 9.85. The second-order valence-corrected chi connectivity index (χ2v) is 15.0. The number of aryl methyl sites for hydroxylation is 3. The molecular weight excluding hydrogens is 636 g/mol. The number of rotatable bonds is 15. The first-order valence-electron chi connectivity index (χ1n) is 18.3. The number of fused-ring (bicyclic) bond motifs is 1. The standard InChI is InChI=1S/C45H52O6/c1-31(2)24-38(25-32(3)4)18-20-39-27-45(51-44(39)47,29-48-28-37-10-8-7-9-11-37)30-49-43(46)23-22-41-34(6)40-26-36(19-21-42(40)50-41)17-16-35-14-12-33(5)13-15-35/h7-15,19-21,26,31-32,38H,18,22-25,27-30H2,1-6H3/b39-20+/t45-/m1/s1. The number of benzene rings is 3. The van der Waals surface area contributed by atoms with Crippen molar-refractivity contribution in [3.63, 3.8) is 0 Å². The van der Waals surface area contributed by atoms with Crippen molar-refractivity contribution in [2.24, 2.45) is 17.8 Å². The van der Waals surface area contributed by atoms with E-state index >= 15 is 0 Å². The predicted molar refractivity (Wildman–Crippen MR) is 202 cm³/mol. The molecule has 6 nitrogen and oxygen atoms in total. The molecule has 1 fully saturated rings. The number of carbonyl (C=O) groups is 2. The van der Waals surface area contributed by atoms with Crippen LogP contribution in [0.4, 0.5) is 0 Å². The highest BCUT2D eigenvalue weighted by Gasteiger charge is 2.45. The lowest BCUT2D eigenvalue weighted by atomic mass is 9.86. The van der Waals surface area contributed by atoms with E-state index in [0.29, 0.717) is 42.8 Å². The lowest BCUT2D eigenvalue weighted by Crippen LogP contribution is -2.40. The van der Waals surface area contributed by atoms with Gasteiger partial charge in [-0.25, -0.2) is 4.79 Å². The van der Waals surface area contributed by atoms with Crippen molar-refractivity contribution in [2.75, 3.05) is 13.2 Å². The molecule has 1 atom stereocenters. The zero-order valence-corrected chi connectivity index (χ0v) is 31.1. The molecular formula is C45H52O6. The van der Waals surface area contributed by atoms with E-state index in [2.05, 4.69) is 58.6 Å². The zero-order chi connectivity index (χ0) is 36.4. The van der Waals surface area contributed by atoms with Crippen molar-refractivity contribution in [1.29, 1.82) is 0 Å². The van der Waals surface area contributed by atoms with Crippen LogP contribution < -0.4 is 0 Å². The third-order valence-electron chi connectivity index (χ3n) is 9.36. The monoisotopic (exact) mass is 688 g/mol. The van der Waals surface area contributed by atoms with Crippen LogP contribution in [0.1, 0.15) is 93.4 Å². The Kier molecular flexibility index (Phi) is 13.0. The Morgan fingerprint density at radius 3 is 2.29 bits per heavy atom. The lowest BCUT2D eigenvalue weighted by Gasteiger charge is -2.26. The summed E-state index contributed by atoms with van der Waals surface area (Å²) in [6, 6.07) is 23.9. The molecule has 4 aromatic rings. The number of furan rings is 1. The van der Waals surface area contributed by atoms with E-state index in [1.54, 1.807) is 0 Å². The van der Waals surface area contributed by atoms with Crippen molar-refractivity contribution in [3.05, 3.63) is 118 Å². The molecule has 1 aliphatic heterocycles. The van der Waals surface area contributed by atoms with Crippen LogP contribution in [0.2, 0.25) is 0 Å². The molecule has 0 spiro atoms. The summed E-state index contributed by atoms with van der Waals surface area (Å²) in [5, 5.41) is 0.977. The van der Waals surface area contributed by atoms with Crippen LogP contribution >= 0.6 is 0 Å². The average Bonchev–Trinajstić information content (AvgIpc) is 3.59. The largest absolute Gasteiger partial charge is 0.461 e. The van der Waals surface area contributed by atoms with Gasteiger partial charge in [0.05, 0.1) is 19.6 Å². The van der Waals surface area contributed by atoms with Gasteiger partial charge in [0.15, 0.2) is 5.60 Å². The van der Waals surface area contributed by atoms with Gasteiger partial charge < -0.3 is 18.6 Å². The molecule has 0 radical (unpaired) electrons. The number of carbonyl (C=O) groups excluding carboxylic acids is 2. The Labute approximate surface area is 303 Å². The topological polar surface area (TPSA) is 75.0 Å². The fourth-order valence-corrected chi connectivity index (χ4v) is 6.80. The number of hydrogen-bond acceptors (Lipinski definition) is 6. The molecule has 0 bridgehead atoms. The third-order valence-corrected chi connectivity index (χ3v) is 9.36. The summed E-state index contributed by atoms with van der Waals surface area (Å²) in [5.41, 5.74) is 5.37. The van der Waals surface area contributed by atoms with Gasteiger partial charge in [-0.2, -0.15) is 0 Å². The van der Waals surface area contributed by atoms with Gasteiger partial charge in [-0.3, -0.25) is 4.79 Å². The Morgan fingerprint density at radius 2 is 1.59 bits per heavy atom. The summed E-state index contributed by atoms with van der Waals surface area (Å²) < 4.78 is 24.0. The second-order valence-electron chi connectivity index (χ2n) is 15.0. The SMILES string of the molecule is Cc1ccc(C#Cc2ccc3oc(CCC(=O)OC[C@]4(COCc5ccccc5)C/C(=C\CC(CC(C)C)CC(C)C)C(=O)O4)c(C)c3c2)cc1. The molecule has 0 saturated carbocycles. The fourth-order valence-electron chi connectivity index (χ4n) is 6.80. The van der Waals surface area contributed by atoms with Crippen molar-refractivity contribution in [1.82, 2.24) is 0 Å². The molecule has 51 heavy (non-hydrogen) atoms. The minimum atomic E-state index is -1.08. The summed E-state index contributed by atoms with van der Waals surface area (Å²) in [6.07, 6.45) is 5.93. The van der Waals surface area contributed by atoms with E-state index < -0.39 is 5.60 Å². The van der Waals surface area contributed by atoms with Crippen molar-refractivity contribution < 1.29 is 28.2 Å². The fraction of sp³-hybridized carbons (Fsp3) is 0.422. The zero-order valence-electron chi connectivity index (χ0n) is 31.1. The van der Waals surface area contributed by atoms with Gasteiger partial charge >= 0.3 is 11.9 Å². The highest BCUT2D eigenvalue weighted by molar-refractivity contribution is 5.91. The first-order valence-corrected chi connectivity index (χ1v) is 18.3. The molecule has 1 saturated heterocycles. The molecule has 0 N–H and O–H groups in total. The Bertz CT molecular complexity index is 1860. The lowest BCUT2D eigenvalue weighted by molar-refractivity contribution is -0.169. The van der Waals surface area contributed by atoms with E-state index in [0.717, 1.165) is 58.2 Å². The maximum absolute atomic E-state index is 13.2. The number of esters is 2. The quantitative estimate of drug-likeness (QED) is 0.0703. The van der Waals surface area contributed by atoms with Gasteiger partial charge in [0, 0.05) is 34.9 Å². The maximum atomic E-state index is 13.2. The average molecular weight is 689 g/mol. The first kappa shape index (κ1) is 37.7. The first-order chi connectivity index (χ1) is 24.5. The summed E-state index contributed by atoms with van der Waals surface area (Å²) in [4.78, 5) is 26.3. The summed E-state index contributed by atoms with van der Waals surface area (Å²) in [7, 11) is 0. The summed E-state index contributed by atoms with van der Waals surface area (Å²) in [6.45, 7) is 13.4. The van der Waals surface area contributed by atoms with E-state index in [-0.39, 0.29) is 31.6 Å². The summed E-state index contributed by atoms with van der Waals surface area (Å²) in [5.74, 6) is 8.12. The number of allylic oxidation sites excluding steroid dienone is 1. The van der Waals surface area contributed by atoms with Crippen LogP contribution in [-0.2, 0) is 36.8 Å². The smallest absolute Gasteiger partial charge is 0.334 e. The molecule has 2 heterocycles. The normalized spacial score (nSPS) is 16.6. The Morgan fingerprint density at radius 1 is 0.902 bits per heavy atom. The molecule has 6 heteroatoms. The van der Waals surface area contributed by atoms with Gasteiger partial charge in [0.2, 0.25) is 0 Å². The Balaban J connectivity index is 1.23. The van der Waals surface area contributed by atoms with Crippen molar-refractivity contribution in [3.8, 4) is 11.8 Å². The van der Waals surface area contributed by atoms with E-state index in [4.69, 9.17) is 18.6 Å². The minimum Gasteiger partial charge on any atom is -0.461 e. The molecule has 268 valence electrons. The number of hydrogen-bond donors (Lipinski definition) is 0. The number of ether oxygens (including phenoxy) is 3. The van der Waals surface area contributed by atoms with Crippen molar-refractivity contribution >= 4 is 22.9 Å². The molecule has 0 aliphatic carbocycles. The van der Waals surface area contributed by atoms with E-state index in [9.17, 15) is 9.59 Å². The molecule has 1 aliphatic rings. The minimum absolute atomic E-state index is 0.0761. The van der Waals surface area contributed by atoms with Crippen LogP contribution in [0.15, 0.2) is 88.9 Å². The van der Waals surface area contributed by atoms with Gasteiger partial charge in [0.1, 0.15) is 18.0 Å². The van der Waals surface area contributed by atoms with Crippen molar-refractivity contribution in [2.45, 2.75) is 92.3 Å². The molecule has 0 unspecified atom stereocenters. The van der Waals surface area contributed by atoms with Gasteiger partial charge in [-0.05, 0) is 92.3 Å². The Hall–Kier alpha value is -4.60. The molecule has 5 rings (SSSR count). The highest BCUT2D eigenvalue weighted by Crippen LogP contribution is 2.34. The van der Waals surface area contributed by atoms with E-state index in [1.165, 1.54) is 5.56 Å². The molecule has 3 aromatic carbocycles. The maximum Gasteiger partial charge on any atom is 0.334 e. The highest BCUT2D eigenvalue weighted by atomic mass is 16.6. The summed E-state index contributed by atoms with van der Waals surface area (Å²) >= 11 is 0. The van der Waals surface area contributed by atoms with Gasteiger partial charge in [-0.15, -0.1) is 0 Å². The second kappa shape index (κ2) is 17.6. The third kappa shape index (κ3) is 10.9. The number of cyclic esters (lactones) is 1.